The molecule has 2 unspecified atom stereocenters. The van der Waals surface area contributed by atoms with Gasteiger partial charge < -0.3 is 25.7 Å². The summed E-state index contributed by atoms with van der Waals surface area (Å²) in [6.07, 6.45) is 8.79. The molecule has 39 heavy (non-hydrogen) atoms. The van der Waals surface area contributed by atoms with Gasteiger partial charge in [0, 0.05) is 18.9 Å². The fraction of sp³-hybridized carbons (Fsp3) is 0.741. The number of carbonyl (C=O) groups is 3. The molecule has 1 saturated carbocycles. The van der Waals surface area contributed by atoms with Gasteiger partial charge in [-0.25, -0.2) is 4.98 Å². The Morgan fingerprint density at radius 2 is 1.74 bits per heavy atom. The zero-order valence-electron chi connectivity index (χ0n) is 23.0. The van der Waals surface area contributed by atoms with E-state index in [1.165, 1.54) is 18.6 Å². The van der Waals surface area contributed by atoms with E-state index in [1.54, 1.807) is 28.4 Å². The monoisotopic (exact) mass is 579 g/mol. The van der Waals surface area contributed by atoms with Crippen molar-refractivity contribution in [3.05, 3.63) is 24.3 Å². The Balaban J connectivity index is 1.56. The molecule has 1 aliphatic carbocycles. The molecule has 2 saturated heterocycles. The van der Waals surface area contributed by atoms with Gasteiger partial charge in [-0.05, 0) is 48.5 Å². The van der Waals surface area contributed by atoms with Crippen molar-refractivity contribution >= 4 is 41.2 Å². The fourth-order valence-corrected chi connectivity index (χ4v) is 9.12. The van der Waals surface area contributed by atoms with Gasteiger partial charge in [0.25, 0.3) is 5.91 Å². The highest BCUT2D eigenvalue weighted by Crippen LogP contribution is 2.51. The molecule has 3 aliphatic rings. The normalized spacial score (nSPS) is 23.4. The Bertz CT molecular complexity index is 1010. The van der Waals surface area contributed by atoms with Gasteiger partial charge in [-0.15, -0.1) is 23.5 Å². The summed E-state index contributed by atoms with van der Waals surface area (Å²) < 4.78 is -0.274. The zero-order chi connectivity index (χ0) is 28.2. The van der Waals surface area contributed by atoms with Crippen LogP contribution in [0.1, 0.15) is 76.2 Å². The van der Waals surface area contributed by atoms with Crippen LogP contribution in [0.25, 0.3) is 0 Å². The number of rotatable bonds is 7. The van der Waals surface area contributed by atoms with E-state index in [-0.39, 0.29) is 21.6 Å². The topological polar surface area (TPSA) is 145 Å². The largest absolute Gasteiger partial charge is 0.366 e. The van der Waals surface area contributed by atoms with Crippen molar-refractivity contribution in [2.24, 2.45) is 11.3 Å². The number of hydrogen-bond donors (Lipinski definition) is 4. The molecule has 12 heteroatoms. The molecule has 0 aromatic carbocycles. The van der Waals surface area contributed by atoms with Crippen LogP contribution in [0.4, 0.5) is 0 Å². The van der Waals surface area contributed by atoms with Crippen LogP contribution in [-0.4, -0.2) is 89.3 Å². The van der Waals surface area contributed by atoms with Gasteiger partial charge >= 0.3 is 0 Å². The lowest BCUT2D eigenvalue weighted by Gasteiger charge is -2.38. The van der Waals surface area contributed by atoms with Gasteiger partial charge in [0.1, 0.15) is 17.8 Å². The minimum absolute atomic E-state index is 0.0628. The summed E-state index contributed by atoms with van der Waals surface area (Å²) in [4.78, 5) is 50.5. The number of nitrogens with zero attached hydrogens (tertiary/aromatic N) is 3. The molecule has 2 aliphatic heterocycles. The molecule has 0 radical (unpaired) electrons. The highest BCUT2D eigenvalue weighted by atomic mass is 32.2. The van der Waals surface area contributed by atoms with Crippen molar-refractivity contribution < 1.29 is 24.6 Å². The molecular formula is C27H41N5O5S2. The van der Waals surface area contributed by atoms with Gasteiger partial charge in [-0.3, -0.25) is 19.4 Å². The van der Waals surface area contributed by atoms with Crippen molar-refractivity contribution in [1.82, 2.24) is 25.5 Å². The van der Waals surface area contributed by atoms with Crippen LogP contribution in [0.2, 0.25) is 0 Å². The summed E-state index contributed by atoms with van der Waals surface area (Å²) in [7, 11) is 0. The van der Waals surface area contributed by atoms with E-state index >= 15 is 0 Å². The molecule has 1 aromatic rings. The Morgan fingerprint density at radius 1 is 1.05 bits per heavy atom. The fourth-order valence-electron chi connectivity index (χ4n) is 5.75. The van der Waals surface area contributed by atoms with Crippen molar-refractivity contribution in [2.75, 3.05) is 18.1 Å². The highest BCUT2D eigenvalue weighted by Gasteiger charge is 2.52. The molecule has 10 nitrogen and oxygen atoms in total. The predicted octanol–water partition coefficient (Wildman–Crippen LogP) is 2.16. The van der Waals surface area contributed by atoms with E-state index in [0.29, 0.717) is 13.0 Å². The Labute approximate surface area is 238 Å². The number of nitrogens with one attached hydrogen (secondary N) is 2. The smallest absolute Gasteiger partial charge is 0.272 e. The molecule has 216 valence electrons. The van der Waals surface area contributed by atoms with Gasteiger partial charge in [0.2, 0.25) is 11.8 Å². The molecule has 4 rings (SSSR count). The number of carbonyl (C=O) groups excluding carboxylic acids is 3. The maximum Gasteiger partial charge on any atom is 0.272 e. The molecule has 1 aromatic heterocycles. The van der Waals surface area contributed by atoms with Gasteiger partial charge in [-0.2, -0.15) is 0 Å². The van der Waals surface area contributed by atoms with Gasteiger partial charge in [0.15, 0.2) is 6.29 Å². The summed E-state index contributed by atoms with van der Waals surface area (Å²) >= 11 is 3.56. The number of aliphatic hydroxyl groups is 2. The van der Waals surface area contributed by atoms with Crippen LogP contribution in [0.3, 0.4) is 0 Å². The summed E-state index contributed by atoms with van der Waals surface area (Å²) in [5.41, 5.74) is -0.536. The van der Waals surface area contributed by atoms with Gasteiger partial charge in [-0.1, -0.05) is 40.0 Å². The van der Waals surface area contributed by atoms with Crippen LogP contribution >= 0.6 is 23.5 Å². The lowest BCUT2D eigenvalue weighted by molar-refractivity contribution is -0.149. The number of aliphatic hydroxyl groups excluding tert-OH is 1. The lowest BCUT2D eigenvalue weighted by atomic mass is 9.82. The standard InChI is InChI=1S/C27H41N5O5S2/c1-26(2,3)21(24(35)32-16-27(14-19(32)25(36)37)38-12-7-13-39-27)31-23(34)20(17-8-5-4-6-9-17)30-22(33)18-15-28-10-11-29-18/h10-11,15,17,19-21,25,36-37H,4-9,12-14,16H2,1-3H3,(H,30,33)(H,31,34)/t19?,20-,21?/m0/s1. The Kier molecular flexibility index (Phi) is 9.83. The lowest BCUT2D eigenvalue weighted by Crippen LogP contribution is -2.61. The van der Waals surface area contributed by atoms with E-state index in [0.717, 1.165) is 50.0 Å². The SMILES string of the molecule is CC(C)(C)C(NC(=O)[C@@H](NC(=O)c1cnccn1)C1CCCCC1)C(=O)N1CC2(CC1C(O)O)SCCCS2. The summed E-state index contributed by atoms with van der Waals surface area (Å²) in [6.45, 7) is 6.03. The zero-order valence-corrected chi connectivity index (χ0v) is 24.6. The number of aromatic nitrogens is 2. The van der Waals surface area contributed by atoms with E-state index in [9.17, 15) is 24.6 Å². The summed E-state index contributed by atoms with van der Waals surface area (Å²) in [5, 5.41) is 26.3. The third kappa shape index (κ3) is 7.25. The molecule has 1 spiro atoms. The Morgan fingerprint density at radius 3 is 2.33 bits per heavy atom. The third-order valence-electron chi connectivity index (χ3n) is 7.86. The third-order valence-corrected chi connectivity index (χ3v) is 11.2. The van der Waals surface area contributed by atoms with E-state index in [1.807, 2.05) is 20.8 Å². The van der Waals surface area contributed by atoms with Crippen LogP contribution < -0.4 is 10.6 Å². The molecule has 0 bridgehead atoms. The number of amides is 3. The molecule has 4 N–H and O–H groups in total. The van der Waals surface area contributed by atoms with Crippen molar-refractivity contribution in [3.8, 4) is 0 Å². The first-order chi connectivity index (χ1) is 18.5. The van der Waals surface area contributed by atoms with E-state index in [2.05, 4.69) is 20.6 Å². The second-order valence-corrected chi connectivity index (χ2v) is 15.1. The predicted molar refractivity (Wildman–Crippen MR) is 152 cm³/mol. The molecule has 3 amide bonds. The van der Waals surface area contributed by atoms with Crippen LogP contribution in [0.5, 0.6) is 0 Å². The second-order valence-electron chi connectivity index (χ2n) is 11.9. The molecular weight excluding hydrogens is 538 g/mol. The molecule has 3 fully saturated rings. The van der Waals surface area contributed by atoms with Crippen molar-refractivity contribution in [3.63, 3.8) is 0 Å². The maximum absolute atomic E-state index is 14.1. The van der Waals surface area contributed by atoms with Crippen molar-refractivity contribution in [1.29, 1.82) is 0 Å². The second kappa shape index (κ2) is 12.7. The summed E-state index contributed by atoms with van der Waals surface area (Å²) in [6, 6.07) is -2.49. The van der Waals surface area contributed by atoms with E-state index in [4.69, 9.17) is 0 Å². The first-order valence-corrected chi connectivity index (χ1v) is 15.8. The Hall–Kier alpha value is -1.89. The summed E-state index contributed by atoms with van der Waals surface area (Å²) in [5.74, 6) is 0.647. The van der Waals surface area contributed by atoms with Crippen molar-refractivity contribution in [2.45, 2.75) is 94.2 Å². The van der Waals surface area contributed by atoms with Crippen LogP contribution in [-0.2, 0) is 9.59 Å². The van der Waals surface area contributed by atoms with Crippen LogP contribution in [0, 0.1) is 11.3 Å². The number of likely N-dealkylation sites (tertiary alicyclic amines) is 1. The average molecular weight is 580 g/mol. The minimum Gasteiger partial charge on any atom is -0.366 e. The first-order valence-electron chi connectivity index (χ1n) is 13.8. The minimum atomic E-state index is -1.67. The quantitative estimate of drug-likeness (QED) is 0.357. The molecule has 3 atom stereocenters. The number of hydrogen-bond acceptors (Lipinski definition) is 9. The first kappa shape index (κ1) is 30.1. The van der Waals surface area contributed by atoms with Crippen LogP contribution in [0.15, 0.2) is 18.6 Å². The average Bonchev–Trinajstić information content (AvgIpc) is 3.29. The highest BCUT2D eigenvalue weighted by molar-refractivity contribution is 8.18. The maximum atomic E-state index is 14.1. The molecule has 3 heterocycles. The van der Waals surface area contributed by atoms with E-state index < -0.39 is 41.6 Å². The number of thioether (sulfide) groups is 2. The van der Waals surface area contributed by atoms with Gasteiger partial charge in [0.05, 0.1) is 16.3 Å².